The maximum Gasteiger partial charge on any atom is 0.162 e. The number of ether oxygens (including phenoxy) is 4. The lowest BCUT2D eigenvalue weighted by Gasteiger charge is -2.18. The van der Waals surface area contributed by atoms with Gasteiger partial charge in [0, 0.05) is 15.6 Å². The van der Waals surface area contributed by atoms with E-state index in [0.717, 1.165) is 17.0 Å². The van der Waals surface area contributed by atoms with Crippen LogP contribution in [-0.2, 0) is 0 Å². The number of carbonyl (C=O) groups is 2. The zero-order chi connectivity index (χ0) is 17.6. The number of fused-ring (bicyclic) bond motifs is 2. The van der Waals surface area contributed by atoms with Crippen molar-refractivity contribution in [2.75, 3.05) is 26.4 Å². The highest BCUT2D eigenvalue weighted by Gasteiger charge is 2.14. The minimum absolute atomic E-state index is 0.535. The third kappa shape index (κ3) is 4.11. The fourth-order valence-electron chi connectivity index (χ4n) is 2.30. The van der Waals surface area contributed by atoms with Gasteiger partial charge < -0.3 is 18.9 Å². The first kappa shape index (κ1) is 17.3. The van der Waals surface area contributed by atoms with Gasteiger partial charge in [-0.2, -0.15) is 0 Å². The molecule has 0 saturated heterocycles. The van der Waals surface area contributed by atoms with Crippen LogP contribution >= 0.6 is 15.9 Å². The Labute approximate surface area is 152 Å². The standard InChI is InChI=1S/C9H7BrO3.C9H8O3/c10-7-4-9-8(3-6(7)5-11)12-1-2-13-9;10-6-7-1-2-8-9(5-7)12-4-3-11-8/h3-5H,1-2H2;1-2,5-6H,3-4H2. The van der Waals surface area contributed by atoms with Gasteiger partial charge in [0.15, 0.2) is 29.3 Å². The van der Waals surface area contributed by atoms with Gasteiger partial charge in [0.25, 0.3) is 0 Å². The van der Waals surface area contributed by atoms with Gasteiger partial charge in [0.2, 0.25) is 0 Å². The van der Waals surface area contributed by atoms with Crippen molar-refractivity contribution in [3.8, 4) is 23.0 Å². The Hall–Kier alpha value is -2.54. The molecule has 0 radical (unpaired) electrons. The van der Waals surface area contributed by atoms with Gasteiger partial charge >= 0.3 is 0 Å². The molecular weight excluding hydrogens is 392 g/mol. The van der Waals surface area contributed by atoms with Gasteiger partial charge in [0.1, 0.15) is 32.7 Å². The van der Waals surface area contributed by atoms with Crippen LogP contribution in [-0.4, -0.2) is 39.0 Å². The Morgan fingerprint density at radius 2 is 1.28 bits per heavy atom. The number of halogens is 1. The van der Waals surface area contributed by atoms with Crippen molar-refractivity contribution in [3.05, 3.63) is 45.9 Å². The molecule has 130 valence electrons. The molecule has 7 heteroatoms. The summed E-state index contributed by atoms with van der Waals surface area (Å²) in [4.78, 5) is 21.0. The van der Waals surface area contributed by atoms with Crippen LogP contribution in [0.3, 0.4) is 0 Å². The summed E-state index contributed by atoms with van der Waals surface area (Å²) < 4.78 is 21.9. The number of benzene rings is 2. The summed E-state index contributed by atoms with van der Waals surface area (Å²) in [5, 5.41) is 0. The normalized spacial score (nSPS) is 14.0. The number of rotatable bonds is 2. The van der Waals surface area contributed by atoms with Gasteiger partial charge in [0.05, 0.1) is 0 Å². The van der Waals surface area contributed by atoms with Crippen molar-refractivity contribution in [1.29, 1.82) is 0 Å². The van der Waals surface area contributed by atoms with Crippen LogP contribution in [0.4, 0.5) is 0 Å². The number of hydrogen-bond donors (Lipinski definition) is 0. The Balaban J connectivity index is 0.000000146. The zero-order valence-corrected chi connectivity index (χ0v) is 14.8. The van der Waals surface area contributed by atoms with Gasteiger partial charge in [-0.3, -0.25) is 9.59 Å². The Kier molecular flexibility index (Phi) is 5.55. The molecule has 0 aliphatic carbocycles. The highest BCUT2D eigenvalue weighted by Crippen LogP contribution is 2.34. The molecule has 2 aliphatic rings. The molecule has 0 N–H and O–H groups in total. The van der Waals surface area contributed by atoms with E-state index in [1.807, 2.05) is 0 Å². The van der Waals surface area contributed by atoms with E-state index in [-0.39, 0.29) is 0 Å². The topological polar surface area (TPSA) is 71.1 Å². The average molecular weight is 407 g/mol. The van der Waals surface area contributed by atoms with Crippen molar-refractivity contribution < 1.29 is 28.5 Å². The highest BCUT2D eigenvalue weighted by atomic mass is 79.9. The SMILES string of the molecule is O=Cc1cc2c(cc1Br)OCCO2.O=Cc1ccc2c(c1)OCCO2. The van der Waals surface area contributed by atoms with Crippen LogP contribution in [0.2, 0.25) is 0 Å². The first-order valence-electron chi connectivity index (χ1n) is 7.60. The molecule has 0 atom stereocenters. The molecule has 2 aromatic rings. The van der Waals surface area contributed by atoms with E-state index >= 15 is 0 Å². The third-order valence-electron chi connectivity index (χ3n) is 3.49. The maximum absolute atomic E-state index is 10.6. The summed E-state index contributed by atoms with van der Waals surface area (Å²) in [6.45, 7) is 2.22. The van der Waals surface area contributed by atoms with E-state index in [1.165, 1.54) is 0 Å². The molecule has 25 heavy (non-hydrogen) atoms. The molecule has 0 spiro atoms. The molecule has 4 rings (SSSR count). The Morgan fingerprint density at radius 3 is 1.88 bits per heavy atom. The fraction of sp³-hybridized carbons (Fsp3) is 0.222. The molecule has 0 bridgehead atoms. The van der Waals surface area contributed by atoms with Crippen molar-refractivity contribution >= 4 is 28.5 Å². The minimum Gasteiger partial charge on any atom is -0.486 e. The van der Waals surface area contributed by atoms with E-state index in [0.29, 0.717) is 60.6 Å². The molecule has 0 unspecified atom stereocenters. The predicted octanol–water partition coefficient (Wildman–Crippen LogP) is 3.30. The summed E-state index contributed by atoms with van der Waals surface area (Å²) in [7, 11) is 0. The van der Waals surface area contributed by atoms with E-state index < -0.39 is 0 Å². The van der Waals surface area contributed by atoms with E-state index in [2.05, 4.69) is 15.9 Å². The smallest absolute Gasteiger partial charge is 0.162 e. The molecule has 6 nitrogen and oxygen atoms in total. The highest BCUT2D eigenvalue weighted by molar-refractivity contribution is 9.10. The number of carbonyl (C=O) groups excluding carboxylic acids is 2. The first-order valence-corrected chi connectivity index (χ1v) is 8.39. The van der Waals surface area contributed by atoms with E-state index in [4.69, 9.17) is 18.9 Å². The lowest BCUT2D eigenvalue weighted by molar-refractivity contribution is 0.111. The second-order valence-electron chi connectivity index (χ2n) is 5.16. The Bertz CT molecular complexity index is 789. The third-order valence-corrected chi connectivity index (χ3v) is 4.18. The molecule has 2 aliphatic heterocycles. The molecule has 0 aromatic heterocycles. The summed E-state index contributed by atoms with van der Waals surface area (Å²) in [6, 6.07) is 8.56. The predicted molar refractivity (Wildman–Crippen MR) is 93.3 cm³/mol. The molecule has 0 fully saturated rings. The van der Waals surface area contributed by atoms with Crippen LogP contribution in [0.1, 0.15) is 20.7 Å². The van der Waals surface area contributed by atoms with Gasteiger partial charge in [-0.1, -0.05) is 0 Å². The van der Waals surface area contributed by atoms with Gasteiger partial charge in [-0.15, -0.1) is 0 Å². The van der Waals surface area contributed by atoms with Gasteiger partial charge in [-0.25, -0.2) is 0 Å². The molecule has 0 saturated carbocycles. The lowest BCUT2D eigenvalue weighted by Crippen LogP contribution is -2.15. The van der Waals surface area contributed by atoms with Crippen LogP contribution in [0, 0.1) is 0 Å². The fourth-order valence-corrected chi connectivity index (χ4v) is 2.72. The summed E-state index contributed by atoms with van der Waals surface area (Å²) in [5.41, 5.74) is 1.18. The molecule has 0 amide bonds. The summed E-state index contributed by atoms with van der Waals surface area (Å²) in [5.74, 6) is 2.69. The molecule has 2 aromatic carbocycles. The first-order chi connectivity index (χ1) is 12.2. The summed E-state index contributed by atoms with van der Waals surface area (Å²) >= 11 is 3.27. The van der Waals surface area contributed by atoms with E-state index in [1.54, 1.807) is 30.3 Å². The monoisotopic (exact) mass is 406 g/mol. The maximum atomic E-state index is 10.6. The van der Waals surface area contributed by atoms with Crippen molar-refractivity contribution in [1.82, 2.24) is 0 Å². The van der Waals surface area contributed by atoms with Crippen LogP contribution < -0.4 is 18.9 Å². The summed E-state index contributed by atoms with van der Waals surface area (Å²) in [6.07, 6.45) is 1.57. The second-order valence-corrected chi connectivity index (χ2v) is 6.01. The van der Waals surface area contributed by atoms with Crippen molar-refractivity contribution in [3.63, 3.8) is 0 Å². The molecular formula is C18H15BrO6. The van der Waals surface area contributed by atoms with E-state index in [9.17, 15) is 9.59 Å². The molecule has 2 heterocycles. The lowest BCUT2D eigenvalue weighted by atomic mass is 10.2. The zero-order valence-electron chi connectivity index (χ0n) is 13.2. The quantitative estimate of drug-likeness (QED) is 0.712. The van der Waals surface area contributed by atoms with Crippen LogP contribution in [0.15, 0.2) is 34.8 Å². The van der Waals surface area contributed by atoms with Gasteiger partial charge in [-0.05, 0) is 46.3 Å². The number of hydrogen-bond acceptors (Lipinski definition) is 6. The van der Waals surface area contributed by atoms with Crippen LogP contribution in [0.5, 0.6) is 23.0 Å². The minimum atomic E-state index is 0.535. The number of aldehydes is 2. The van der Waals surface area contributed by atoms with Crippen LogP contribution in [0.25, 0.3) is 0 Å². The largest absolute Gasteiger partial charge is 0.486 e. The van der Waals surface area contributed by atoms with Crippen molar-refractivity contribution in [2.24, 2.45) is 0 Å². The Morgan fingerprint density at radius 1 is 0.720 bits per heavy atom. The second kappa shape index (κ2) is 8.02. The average Bonchev–Trinajstić information content (AvgIpc) is 2.67. The van der Waals surface area contributed by atoms with Crippen molar-refractivity contribution in [2.45, 2.75) is 0 Å².